The fourth-order valence-electron chi connectivity index (χ4n) is 2.82. The Morgan fingerprint density at radius 1 is 1.20 bits per heavy atom. The lowest BCUT2D eigenvalue weighted by Crippen LogP contribution is -2.45. The maximum absolute atomic E-state index is 6.14. The molecule has 0 radical (unpaired) electrons. The van der Waals surface area contributed by atoms with E-state index >= 15 is 0 Å². The van der Waals surface area contributed by atoms with Gasteiger partial charge in [0.1, 0.15) is 0 Å². The van der Waals surface area contributed by atoms with Crippen LogP contribution in [0.4, 0.5) is 5.69 Å². The van der Waals surface area contributed by atoms with Crippen LogP contribution in [0.15, 0.2) is 36.4 Å². The summed E-state index contributed by atoms with van der Waals surface area (Å²) in [7, 11) is 0. The van der Waals surface area contributed by atoms with Crippen LogP contribution >= 0.6 is 0 Å². The Bertz CT molecular complexity index is 591. The summed E-state index contributed by atoms with van der Waals surface area (Å²) in [5.41, 5.74) is 8.20. The Morgan fingerprint density at radius 2 is 1.90 bits per heavy atom. The van der Waals surface area contributed by atoms with Crippen molar-refractivity contribution in [1.82, 2.24) is 5.32 Å². The Balaban J connectivity index is 1.62. The number of nitrogens with one attached hydrogen (secondary N) is 1. The van der Waals surface area contributed by atoms with E-state index in [9.17, 15) is 0 Å². The standard InChI is InChI=1S/C17H22N2O/c1-2-20-16-9-15(10-16)19-11-14-7-12-5-3-4-6-13(12)8-17(14)18/h3-8,15-16,19H,2,9-11,18H2,1H3. The highest BCUT2D eigenvalue weighted by Crippen LogP contribution is 2.25. The number of ether oxygens (including phenoxy) is 1. The van der Waals surface area contributed by atoms with Crippen molar-refractivity contribution < 1.29 is 4.74 Å². The van der Waals surface area contributed by atoms with E-state index in [4.69, 9.17) is 10.5 Å². The molecule has 3 heteroatoms. The molecular weight excluding hydrogens is 248 g/mol. The summed E-state index contributed by atoms with van der Waals surface area (Å²) >= 11 is 0. The van der Waals surface area contributed by atoms with Crippen LogP contribution in [-0.4, -0.2) is 18.8 Å². The number of fused-ring (bicyclic) bond motifs is 1. The fourth-order valence-corrected chi connectivity index (χ4v) is 2.82. The van der Waals surface area contributed by atoms with Gasteiger partial charge in [0.15, 0.2) is 0 Å². The zero-order valence-corrected chi connectivity index (χ0v) is 11.9. The molecule has 0 atom stereocenters. The molecule has 1 saturated carbocycles. The van der Waals surface area contributed by atoms with Crippen LogP contribution in [0.3, 0.4) is 0 Å². The highest BCUT2D eigenvalue weighted by atomic mass is 16.5. The van der Waals surface area contributed by atoms with Crippen molar-refractivity contribution in [2.75, 3.05) is 12.3 Å². The van der Waals surface area contributed by atoms with Gasteiger partial charge < -0.3 is 15.8 Å². The van der Waals surface area contributed by atoms with Crippen molar-refractivity contribution >= 4 is 16.5 Å². The van der Waals surface area contributed by atoms with E-state index in [1.54, 1.807) is 0 Å². The average molecular weight is 270 g/mol. The van der Waals surface area contributed by atoms with Gasteiger partial charge in [0.25, 0.3) is 0 Å². The molecule has 0 aromatic heterocycles. The second-order valence-electron chi connectivity index (χ2n) is 5.52. The summed E-state index contributed by atoms with van der Waals surface area (Å²) in [5, 5.41) is 6.02. The third-order valence-corrected chi connectivity index (χ3v) is 4.09. The van der Waals surface area contributed by atoms with E-state index in [0.29, 0.717) is 12.1 Å². The first-order valence-corrected chi connectivity index (χ1v) is 7.38. The first kappa shape index (κ1) is 13.4. The summed E-state index contributed by atoms with van der Waals surface area (Å²) < 4.78 is 5.58. The summed E-state index contributed by atoms with van der Waals surface area (Å²) in [6, 6.07) is 13.2. The summed E-state index contributed by atoms with van der Waals surface area (Å²) in [4.78, 5) is 0. The highest BCUT2D eigenvalue weighted by Gasteiger charge is 2.28. The predicted molar refractivity (Wildman–Crippen MR) is 83.6 cm³/mol. The topological polar surface area (TPSA) is 47.3 Å². The SMILES string of the molecule is CCOC1CC(NCc2cc3ccccc3cc2N)C1. The number of benzene rings is 2. The molecule has 1 aliphatic carbocycles. The molecule has 3 N–H and O–H groups in total. The maximum Gasteiger partial charge on any atom is 0.0604 e. The van der Waals surface area contributed by atoms with Crippen LogP contribution in [0.25, 0.3) is 10.8 Å². The average Bonchev–Trinajstić information content (AvgIpc) is 2.41. The van der Waals surface area contributed by atoms with Crippen molar-refractivity contribution in [3.63, 3.8) is 0 Å². The van der Waals surface area contributed by atoms with E-state index in [1.807, 2.05) is 6.07 Å². The smallest absolute Gasteiger partial charge is 0.0604 e. The minimum Gasteiger partial charge on any atom is -0.398 e. The molecular formula is C17H22N2O. The molecule has 0 spiro atoms. The summed E-state index contributed by atoms with van der Waals surface area (Å²) in [6.45, 7) is 3.70. The second kappa shape index (κ2) is 5.81. The molecule has 0 unspecified atom stereocenters. The lowest BCUT2D eigenvalue weighted by Gasteiger charge is -2.35. The van der Waals surface area contributed by atoms with Crippen LogP contribution in [0.1, 0.15) is 25.3 Å². The van der Waals surface area contributed by atoms with Crippen molar-refractivity contribution in [3.8, 4) is 0 Å². The molecule has 0 saturated heterocycles. The van der Waals surface area contributed by atoms with Crippen molar-refractivity contribution in [2.24, 2.45) is 0 Å². The number of hydrogen-bond acceptors (Lipinski definition) is 3. The molecule has 3 nitrogen and oxygen atoms in total. The summed E-state index contributed by atoms with van der Waals surface area (Å²) in [5.74, 6) is 0. The van der Waals surface area contributed by atoms with Crippen molar-refractivity contribution in [2.45, 2.75) is 38.5 Å². The molecule has 0 amide bonds. The van der Waals surface area contributed by atoms with Gasteiger partial charge in [-0.15, -0.1) is 0 Å². The predicted octanol–water partition coefficient (Wildman–Crippen LogP) is 3.08. The van der Waals surface area contributed by atoms with Gasteiger partial charge in [0.2, 0.25) is 0 Å². The Labute approximate surface area is 120 Å². The van der Waals surface area contributed by atoms with Gasteiger partial charge >= 0.3 is 0 Å². The van der Waals surface area contributed by atoms with Crippen molar-refractivity contribution in [3.05, 3.63) is 42.0 Å². The third-order valence-electron chi connectivity index (χ3n) is 4.09. The fraction of sp³-hybridized carbons (Fsp3) is 0.412. The van der Waals surface area contributed by atoms with Gasteiger partial charge in [-0.3, -0.25) is 0 Å². The number of nitrogen functional groups attached to an aromatic ring is 1. The number of nitrogens with two attached hydrogens (primary N) is 1. The third kappa shape index (κ3) is 2.79. The number of hydrogen-bond donors (Lipinski definition) is 2. The van der Waals surface area contributed by atoms with Gasteiger partial charge in [-0.1, -0.05) is 24.3 Å². The monoisotopic (exact) mass is 270 g/mol. The van der Waals surface area contributed by atoms with Gasteiger partial charge in [-0.25, -0.2) is 0 Å². The van der Waals surface area contributed by atoms with Crippen LogP contribution in [0.2, 0.25) is 0 Å². The molecule has 2 aromatic rings. The van der Waals surface area contributed by atoms with Gasteiger partial charge in [0, 0.05) is 24.9 Å². The molecule has 0 aliphatic heterocycles. The number of anilines is 1. The van der Waals surface area contributed by atoms with Crippen LogP contribution < -0.4 is 11.1 Å². The Kier molecular flexibility index (Phi) is 3.90. The summed E-state index contributed by atoms with van der Waals surface area (Å²) in [6.07, 6.45) is 2.68. The van der Waals surface area contributed by atoms with Crippen LogP contribution in [0, 0.1) is 0 Å². The minimum absolute atomic E-state index is 0.450. The molecule has 1 fully saturated rings. The molecule has 2 aromatic carbocycles. The van der Waals surface area contributed by atoms with Gasteiger partial charge in [0.05, 0.1) is 6.10 Å². The van der Waals surface area contributed by atoms with Crippen molar-refractivity contribution in [1.29, 1.82) is 0 Å². The van der Waals surface area contributed by atoms with E-state index < -0.39 is 0 Å². The number of rotatable bonds is 5. The lowest BCUT2D eigenvalue weighted by molar-refractivity contribution is -0.0102. The first-order chi connectivity index (χ1) is 9.76. The normalized spacial score (nSPS) is 21.9. The largest absolute Gasteiger partial charge is 0.398 e. The quantitative estimate of drug-likeness (QED) is 0.821. The maximum atomic E-state index is 6.14. The highest BCUT2D eigenvalue weighted by molar-refractivity contribution is 5.86. The molecule has 1 aliphatic rings. The zero-order chi connectivity index (χ0) is 13.9. The second-order valence-corrected chi connectivity index (χ2v) is 5.52. The van der Waals surface area contributed by atoms with E-state index in [-0.39, 0.29) is 0 Å². The van der Waals surface area contributed by atoms with Crippen LogP contribution in [-0.2, 0) is 11.3 Å². The lowest BCUT2D eigenvalue weighted by atomic mass is 9.89. The molecule has 106 valence electrons. The van der Waals surface area contributed by atoms with E-state index in [0.717, 1.165) is 31.7 Å². The van der Waals surface area contributed by atoms with Crippen LogP contribution in [0.5, 0.6) is 0 Å². The molecule has 3 rings (SSSR count). The Hall–Kier alpha value is -1.58. The first-order valence-electron chi connectivity index (χ1n) is 7.38. The molecule has 20 heavy (non-hydrogen) atoms. The van der Waals surface area contributed by atoms with Gasteiger partial charge in [-0.05, 0) is 48.2 Å². The minimum atomic E-state index is 0.450. The Morgan fingerprint density at radius 3 is 2.60 bits per heavy atom. The van der Waals surface area contributed by atoms with Gasteiger partial charge in [-0.2, -0.15) is 0 Å². The molecule has 0 bridgehead atoms. The zero-order valence-electron chi connectivity index (χ0n) is 11.9. The van der Waals surface area contributed by atoms with E-state index in [2.05, 4.69) is 42.6 Å². The molecule has 0 heterocycles. The van der Waals surface area contributed by atoms with E-state index in [1.165, 1.54) is 16.3 Å².